The number of nitrogens with one attached hydrogen (secondary N) is 1. The van der Waals surface area contributed by atoms with Gasteiger partial charge in [0.1, 0.15) is 0 Å². The van der Waals surface area contributed by atoms with E-state index in [1.165, 1.54) is 25.7 Å². The maximum atomic E-state index is 11.3. The molecule has 0 spiro atoms. The molecule has 2 aliphatic rings. The first-order valence-electron chi connectivity index (χ1n) is 6.60. The van der Waals surface area contributed by atoms with Crippen molar-refractivity contribution in [3.63, 3.8) is 0 Å². The molecule has 0 aromatic rings. The summed E-state index contributed by atoms with van der Waals surface area (Å²) >= 11 is 0. The smallest absolute Gasteiger partial charge is 0.234 e. The number of fused-ring (bicyclic) bond motifs is 2. The number of carbonyl (C=O) groups is 1. The fraction of sp³-hybridized carbons (Fsp3) is 0.923. The molecule has 16 heavy (non-hydrogen) atoms. The predicted molar refractivity (Wildman–Crippen MR) is 64.8 cm³/mol. The summed E-state index contributed by atoms with van der Waals surface area (Å²) in [5, 5.41) is 3.37. The van der Waals surface area contributed by atoms with Gasteiger partial charge in [0.25, 0.3) is 0 Å². The van der Waals surface area contributed by atoms with Crippen LogP contribution in [0.4, 0.5) is 0 Å². The zero-order chi connectivity index (χ0) is 11.7. The third kappa shape index (κ3) is 2.40. The van der Waals surface area contributed by atoms with Crippen molar-refractivity contribution < 1.29 is 4.79 Å². The first kappa shape index (κ1) is 11.9. The van der Waals surface area contributed by atoms with Crippen LogP contribution in [0, 0.1) is 23.7 Å². The van der Waals surface area contributed by atoms with Crippen molar-refractivity contribution in [2.45, 2.75) is 45.6 Å². The Morgan fingerprint density at radius 1 is 1.38 bits per heavy atom. The number of hydrogen-bond acceptors (Lipinski definition) is 2. The molecule has 3 heteroatoms. The molecule has 2 fully saturated rings. The number of rotatable bonds is 5. The Kier molecular flexibility index (Phi) is 3.53. The van der Waals surface area contributed by atoms with Gasteiger partial charge in [0.05, 0.1) is 6.04 Å². The largest absolute Gasteiger partial charge is 0.368 e. The van der Waals surface area contributed by atoms with Gasteiger partial charge in [-0.1, -0.05) is 20.3 Å². The van der Waals surface area contributed by atoms with Crippen LogP contribution in [0.3, 0.4) is 0 Å². The Bertz CT molecular complexity index is 265. The topological polar surface area (TPSA) is 55.1 Å². The minimum Gasteiger partial charge on any atom is -0.368 e. The highest BCUT2D eigenvalue weighted by Crippen LogP contribution is 2.47. The monoisotopic (exact) mass is 224 g/mol. The van der Waals surface area contributed by atoms with Gasteiger partial charge in [-0.25, -0.2) is 0 Å². The summed E-state index contributed by atoms with van der Waals surface area (Å²) in [6.45, 7) is 5.07. The third-order valence-electron chi connectivity index (χ3n) is 4.46. The summed E-state index contributed by atoms with van der Waals surface area (Å²) in [6.07, 6.45) is 5.63. The van der Waals surface area contributed by atoms with Gasteiger partial charge in [0.2, 0.25) is 5.91 Å². The lowest BCUT2D eigenvalue weighted by atomic mass is 9.88. The van der Waals surface area contributed by atoms with Gasteiger partial charge in [-0.2, -0.15) is 0 Å². The molecule has 0 radical (unpaired) electrons. The number of carbonyl (C=O) groups excluding carboxylic acids is 1. The highest BCUT2D eigenvalue weighted by atomic mass is 16.1. The molecule has 4 unspecified atom stereocenters. The molecule has 2 bridgehead atoms. The molecule has 92 valence electrons. The molecule has 3 N–H and O–H groups in total. The first-order chi connectivity index (χ1) is 7.58. The molecular weight excluding hydrogens is 200 g/mol. The summed E-state index contributed by atoms with van der Waals surface area (Å²) in [7, 11) is 0. The normalized spacial score (nSPS) is 34.6. The lowest BCUT2D eigenvalue weighted by Gasteiger charge is -2.26. The van der Waals surface area contributed by atoms with Gasteiger partial charge in [-0.05, 0) is 49.5 Å². The van der Waals surface area contributed by atoms with Crippen LogP contribution in [-0.2, 0) is 4.79 Å². The Balaban J connectivity index is 1.80. The molecule has 2 saturated carbocycles. The summed E-state index contributed by atoms with van der Waals surface area (Å²) < 4.78 is 0. The van der Waals surface area contributed by atoms with E-state index in [1.807, 2.05) is 13.8 Å². The zero-order valence-electron chi connectivity index (χ0n) is 10.4. The Morgan fingerprint density at radius 3 is 2.56 bits per heavy atom. The third-order valence-corrected chi connectivity index (χ3v) is 4.46. The van der Waals surface area contributed by atoms with Gasteiger partial charge in [-0.3, -0.25) is 4.79 Å². The van der Waals surface area contributed by atoms with Gasteiger partial charge >= 0.3 is 0 Å². The van der Waals surface area contributed by atoms with Crippen LogP contribution in [0.5, 0.6) is 0 Å². The standard InChI is InChI=1S/C13H24N2O/c1-8(2)12(13(14)16)15-7-11-6-9-3-4-10(11)5-9/h8-12,15H,3-7H2,1-2H3,(H2,14,16). The fourth-order valence-corrected chi connectivity index (χ4v) is 3.57. The van der Waals surface area contributed by atoms with Gasteiger partial charge < -0.3 is 11.1 Å². The van der Waals surface area contributed by atoms with E-state index >= 15 is 0 Å². The molecule has 0 aromatic heterocycles. The highest BCUT2D eigenvalue weighted by molar-refractivity contribution is 5.80. The molecule has 0 heterocycles. The lowest BCUT2D eigenvalue weighted by Crippen LogP contribution is -2.47. The maximum Gasteiger partial charge on any atom is 0.234 e. The van der Waals surface area contributed by atoms with Crippen molar-refractivity contribution in [3.05, 3.63) is 0 Å². The van der Waals surface area contributed by atoms with Crippen LogP contribution in [-0.4, -0.2) is 18.5 Å². The van der Waals surface area contributed by atoms with Crippen molar-refractivity contribution in [1.82, 2.24) is 5.32 Å². The van der Waals surface area contributed by atoms with Crippen molar-refractivity contribution in [2.24, 2.45) is 29.4 Å². The SMILES string of the molecule is CC(C)C(NCC1CC2CCC1C2)C(N)=O. The number of primary amides is 1. The highest BCUT2D eigenvalue weighted by Gasteiger charge is 2.39. The molecule has 2 aliphatic carbocycles. The number of hydrogen-bond donors (Lipinski definition) is 2. The Morgan fingerprint density at radius 2 is 2.12 bits per heavy atom. The van der Waals surface area contributed by atoms with Crippen LogP contribution in [0.2, 0.25) is 0 Å². The van der Waals surface area contributed by atoms with Crippen LogP contribution >= 0.6 is 0 Å². The van der Waals surface area contributed by atoms with E-state index in [0.29, 0.717) is 0 Å². The van der Waals surface area contributed by atoms with Crippen molar-refractivity contribution in [1.29, 1.82) is 0 Å². The van der Waals surface area contributed by atoms with E-state index in [-0.39, 0.29) is 17.9 Å². The van der Waals surface area contributed by atoms with Crippen LogP contribution in [0.15, 0.2) is 0 Å². The van der Waals surface area contributed by atoms with Crippen LogP contribution in [0.1, 0.15) is 39.5 Å². The molecule has 1 amide bonds. The van der Waals surface area contributed by atoms with E-state index < -0.39 is 0 Å². The van der Waals surface area contributed by atoms with E-state index in [1.54, 1.807) is 0 Å². The Hall–Kier alpha value is -0.570. The first-order valence-corrected chi connectivity index (χ1v) is 6.60. The molecule has 0 aliphatic heterocycles. The van der Waals surface area contributed by atoms with Gasteiger partial charge in [0, 0.05) is 0 Å². The molecule has 2 rings (SSSR count). The summed E-state index contributed by atoms with van der Waals surface area (Å²) in [5.41, 5.74) is 5.40. The van der Waals surface area contributed by atoms with Gasteiger partial charge in [-0.15, -0.1) is 0 Å². The molecular formula is C13H24N2O. The maximum absolute atomic E-state index is 11.3. The quantitative estimate of drug-likeness (QED) is 0.744. The van der Waals surface area contributed by atoms with Crippen LogP contribution in [0.25, 0.3) is 0 Å². The van der Waals surface area contributed by atoms with Crippen molar-refractivity contribution in [3.8, 4) is 0 Å². The zero-order valence-corrected chi connectivity index (χ0v) is 10.4. The van der Waals surface area contributed by atoms with E-state index in [9.17, 15) is 4.79 Å². The fourth-order valence-electron chi connectivity index (χ4n) is 3.57. The second kappa shape index (κ2) is 4.74. The predicted octanol–water partition coefficient (Wildman–Crippen LogP) is 1.52. The Labute approximate surface area is 98.2 Å². The van der Waals surface area contributed by atoms with Crippen LogP contribution < -0.4 is 11.1 Å². The summed E-state index contributed by atoms with van der Waals surface area (Å²) in [6, 6.07) is -0.154. The average Bonchev–Trinajstić information content (AvgIpc) is 2.77. The number of amides is 1. The number of nitrogens with two attached hydrogens (primary N) is 1. The minimum atomic E-state index is -0.210. The second-order valence-corrected chi connectivity index (χ2v) is 5.97. The van der Waals surface area contributed by atoms with Gasteiger partial charge in [0.15, 0.2) is 0 Å². The molecule has 0 saturated heterocycles. The average molecular weight is 224 g/mol. The van der Waals surface area contributed by atoms with Crippen molar-refractivity contribution in [2.75, 3.05) is 6.54 Å². The summed E-state index contributed by atoms with van der Waals surface area (Å²) in [5.74, 6) is 2.76. The summed E-state index contributed by atoms with van der Waals surface area (Å²) in [4.78, 5) is 11.3. The van der Waals surface area contributed by atoms with E-state index in [4.69, 9.17) is 5.73 Å². The van der Waals surface area contributed by atoms with E-state index in [0.717, 1.165) is 24.3 Å². The molecule has 4 atom stereocenters. The molecule has 0 aromatic carbocycles. The second-order valence-electron chi connectivity index (χ2n) is 5.97. The van der Waals surface area contributed by atoms with E-state index in [2.05, 4.69) is 5.32 Å². The lowest BCUT2D eigenvalue weighted by molar-refractivity contribution is -0.121. The molecule has 3 nitrogen and oxygen atoms in total. The van der Waals surface area contributed by atoms with Crippen molar-refractivity contribution >= 4 is 5.91 Å². The minimum absolute atomic E-state index is 0.154.